The summed E-state index contributed by atoms with van der Waals surface area (Å²) in [5.74, 6) is 3.81. The Balaban J connectivity index is 1.75. The normalized spacial score (nSPS) is 33.5. The van der Waals surface area contributed by atoms with Gasteiger partial charge in [-0.2, -0.15) is 23.5 Å². The minimum absolute atomic E-state index is 0.0551. The van der Waals surface area contributed by atoms with E-state index in [2.05, 4.69) is 20.8 Å². The smallest absolute Gasteiger partial charge is 0.192 e. The van der Waals surface area contributed by atoms with Crippen LogP contribution >= 0.6 is 23.5 Å². The van der Waals surface area contributed by atoms with Gasteiger partial charge in [0.1, 0.15) is 0 Å². The number of rotatable bonds is 7. The summed E-state index contributed by atoms with van der Waals surface area (Å²) in [7, 11) is -1.67. The molecule has 0 bridgehead atoms. The lowest BCUT2D eigenvalue weighted by molar-refractivity contribution is -0.221. The van der Waals surface area contributed by atoms with E-state index in [1.54, 1.807) is 0 Å². The Morgan fingerprint density at radius 3 is 2.38 bits per heavy atom. The predicted octanol–water partition coefficient (Wildman–Crippen LogP) is 3.99. The Morgan fingerprint density at radius 1 is 1.08 bits per heavy atom. The third-order valence-corrected chi connectivity index (χ3v) is 13.7. The summed E-state index contributed by atoms with van der Waals surface area (Å²) in [5, 5.41) is 11.5. The van der Waals surface area contributed by atoms with Crippen LogP contribution in [-0.4, -0.2) is 67.6 Å². The molecule has 3 saturated heterocycles. The molecule has 3 heterocycles. The third-order valence-electron chi connectivity index (χ3n) is 6.75. The fourth-order valence-corrected chi connectivity index (χ4v) is 10.2. The maximum absolute atomic E-state index is 11.5. The largest absolute Gasteiger partial charge is 0.414 e. The van der Waals surface area contributed by atoms with Crippen molar-refractivity contribution in [3.8, 4) is 0 Å². The number of thioether (sulfide) groups is 2. The zero-order valence-electron chi connectivity index (χ0n) is 16.6. The third kappa shape index (κ3) is 4.34. The number of aliphatic hydroxyl groups is 1. The average Bonchev–Trinajstić information content (AvgIpc) is 3.15. The Bertz CT molecular complexity index is 435. The van der Waals surface area contributed by atoms with Gasteiger partial charge in [0, 0.05) is 29.8 Å². The monoisotopic (exact) mass is 420 g/mol. The Kier molecular flexibility index (Phi) is 7.85. The second-order valence-corrected chi connectivity index (χ2v) is 14.9. The first-order valence-electron chi connectivity index (χ1n) is 10.4. The van der Waals surface area contributed by atoms with Crippen molar-refractivity contribution in [1.29, 1.82) is 0 Å². The molecule has 0 unspecified atom stereocenters. The average molecular weight is 421 g/mol. The molecule has 1 N–H and O–H groups in total. The number of ether oxygens (including phenoxy) is 2. The van der Waals surface area contributed by atoms with Crippen molar-refractivity contribution in [3.05, 3.63) is 0 Å². The van der Waals surface area contributed by atoms with Gasteiger partial charge >= 0.3 is 0 Å². The molecule has 0 aromatic heterocycles. The van der Waals surface area contributed by atoms with Gasteiger partial charge in [0.15, 0.2) is 14.1 Å². The summed E-state index contributed by atoms with van der Waals surface area (Å²) in [6, 6.07) is 3.51. The molecule has 3 rings (SSSR count). The zero-order valence-corrected chi connectivity index (χ0v) is 19.2. The molecule has 0 aromatic rings. The second kappa shape index (κ2) is 9.50. The highest BCUT2D eigenvalue weighted by Crippen LogP contribution is 2.45. The minimum atomic E-state index is -1.67. The minimum Gasteiger partial charge on any atom is -0.414 e. The summed E-state index contributed by atoms with van der Waals surface area (Å²) in [6.07, 6.45) is 1.75. The van der Waals surface area contributed by atoms with Crippen molar-refractivity contribution in [1.82, 2.24) is 0 Å². The van der Waals surface area contributed by atoms with Crippen molar-refractivity contribution in [2.45, 2.75) is 69.7 Å². The molecule has 0 radical (unpaired) electrons. The van der Waals surface area contributed by atoms with Gasteiger partial charge in [-0.3, -0.25) is 0 Å². The molecule has 4 atom stereocenters. The van der Waals surface area contributed by atoms with Crippen LogP contribution in [0, 0.1) is 11.8 Å². The molecule has 7 heteroatoms. The van der Waals surface area contributed by atoms with Crippen molar-refractivity contribution in [3.63, 3.8) is 0 Å². The van der Waals surface area contributed by atoms with E-state index in [1.165, 1.54) is 18.1 Å². The number of hydrogen-bond acceptors (Lipinski definition) is 6. The van der Waals surface area contributed by atoms with E-state index in [9.17, 15) is 5.11 Å². The van der Waals surface area contributed by atoms with Gasteiger partial charge in [-0.1, -0.05) is 20.8 Å². The molecule has 0 saturated carbocycles. The fourth-order valence-electron chi connectivity index (χ4n) is 4.75. The standard InChI is InChI=1S/C19H36O4S2Si/c1-4-26(5-2,6-3)23-17-7-11-24-13-15(17)18(20)16-14-25-12-8-19(16)21-9-10-22-19/h15-18,20H,4-14H2,1-3H3/t15-,16+,17+,18-/m1/s1. The molecule has 3 fully saturated rings. The van der Waals surface area contributed by atoms with Crippen LogP contribution in [0.15, 0.2) is 0 Å². The van der Waals surface area contributed by atoms with Crippen molar-refractivity contribution < 1.29 is 19.0 Å². The lowest BCUT2D eigenvalue weighted by Gasteiger charge is -2.47. The molecule has 26 heavy (non-hydrogen) atoms. The van der Waals surface area contributed by atoms with Crippen LogP contribution in [0.1, 0.15) is 33.6 Å². The molecule has 3 aliphatic rings. The van der Waals surface area contributed by atoms with Crippen LogP contribution in [0.3, 0.4) is 0 Å². The van der Waals surface area contributed by atoms with Crippen molar-refractivity contribution in [2.24, 2.45) is 11.8 Å². The molecule has 3 aliphatic heterocycles. The van der Waals surface area contributed by atoms with E-state index >= 15 is 0 Å². The zero-order chi connectivity index (χ0) is 18.6. The van der Waals surface area contributed by atoms with Gasteiger partial charge in [-0.25, -0.2) is 0 Å². The van der Waals surface area contributed by atoms with E-state index in [4.69, 9.17) is 13.9 Å². The second-order valence-electron chi connectivity index (χ2n) is 7.86. The van der Waals surface area contributed by atoms with E-state index in [0.29, 0.717) is 13.2 Å². The summed E-state index contributed by atoms with van der Waals surface area (Å²) in [6.45, 7) is 8.18. The van der Waals surface area contributed by atoms with Crippen LogP contribution in [-0.2, 0) is 13.9 Å². The molecule has 0 amide bonds. The fraction of sp³-hybridized carbons (Fsp3) is 1.00. The van der Waals surface area contributed by atoms with Crippen molar-refractivity contribution >= 4 is 31.8 Å². The van der Waals surface area contributed by atoms with E-state index in [0.717, 1.165) is 35.9 Å². The highest BCUT2D eigenvalue weighted by molar-refractivity contribution is 7.99. The van der Waals surface area contributed by atoms with Crippen LogP contribution in [0.2, 0.25) is 18.1 Å². The molecular formula is C19H36O4S2Si. The van der Waals surface area contributed by atoms with Crippen LogP contribution in [0.25, 0.3) is 0 Å². The van der Waals surface area contributed by atoms with Gasteiger partial charge < -0.3 is 19.0 Å². The number of aliphatic hydroxyl groups excluding tert-OH is 1. The summed E-state index contributed by atoms with van der Waals surface area (Å²) < 4.78 is 19.0. The van der Waals surface area contributed by atoms with Gasteiger partial charge in [0.2, 0.25) is 0 Å². The Hall–Kier alpha value is 0.757. The van der Waals surface area contributed by atoms with Crippen molar-refractivity contribution in [2.75, 3.05) is 36.2 Å². The molecule has 152 valence electrons. The Morgan fingerprint density at radius 2 is 1.73 bits per heavy atom. The maximum atomic E-state index is 11.5. The molecule has 1 spiro atoms. The quantitative estimate of drug-likeness (QED) is 0.629. The van der Waals surface area contributed by atoms with Gasteiger partial charge in [-0.05, 0) is 36.1 Å². The maximum Gasteiger partial charge on any atom is 0.192 e. The van der Waals surface area contributed by atoms with Crippen LogP contribution in [0.4, 0.5) is 0 Å². The topological polar surface area (TPSA) is 47.9 Å². The van der Waals surface area contributed by atoms with Gasteiger partial charge in [0.25, 0.3) is 0 Å². The van der Waals surface area contributed by atoms with Crippen LogP contribution < -0.4 is 0 Å². The SMILES string of the molecule is CC[Si](CC)(CC)O[C@H]1CCSC[C@H]1[C@@H](O)[C@@H]1CSCCC12OCCO2. The molecule has 0 aliphatic carbocycles. The highest BCUT2D eigenvalue weighted by atomic mass is 32.2. The van der Waals surface area contributed by atoms with E-state index in [1.807, 2.05) is 23.5 Å². The van der Waals surface area contributed by atoms with E-state index in [-0.39, 0.29) is 17.9 Å². The Labute approximate surface area is 168 Å². The lowest BCUT2D eigenvalue weighted by Crippen LogP contribution is -2.55. The molecule has 0 aromatic carbocycles. The van der Waals surface area contributed by atoms with Crippen LogP contribution in [0.5, 0.6) is 0 Å². The van der Waals surface area contributed by atoms with Gasteiger partial charge in [0.05, 0.1) is 25.4 Å². The summed E-state index contributed by atoms with van der Waals surface area (Å²) >= 11 is 3.89. The van der Waals surface area contributed by atoms with Gasteiger partial charge in [-0.15, -0.1) is 0 Å². The summed E-state index contributed by atoms with van der Waals surface area (Å²) in [5.41, 5.74) is 0. The lowest BCUT2D eigenvalue weighted by atomic mass is 9.82. The molecule has 4 nitrogen and oxygen atoms in total. The predicted molar refractivity (Wildman–Crippen MR) is 114 cm³/mol. The number of hydrogen-bond donors (Lipinski definition) is 1. The first kappa shape index (κ1) is 21.5. The summed E-state index contributed by atoms with van der Waals surface area (Å²) in [4.78, 5) is 0. The first-order chi connectivity index (χ1) is 12.6. The highest BCUT2D eigenvalue weighted by Gasteiger charge is 2.52. The first-order valence-corrected chi connectivity index (χ1v) is 15.2. The van der Waals surface area contributed by atoms with E-state index < -0.39 is 20.2 Å². The molecular weight excluding hydrogens is 384 g/mol.